The second-order valence-corrected chi connectivity index (χ2v) is 8.09. The van der Waals surface area contributed by atoms with Crippen molar-refractivity contribution >= 4 is 44.6 Å². The monoisotopic (exact) mass is 443 g/mol. The summed E-state index contributed by atoms with van der Waals surface area (Å²) in [4.78, 5) is 22.7. The molecular weight excluding hydrogens is 426 g/mol. The fourth-order valence-electron chi connectivity index (χ4n) is 2.42. The standard InChI is InChI=1S/C17H18ClN3O7S/c1-27-15-7-5-11(9-16(15)28-2)20(29(3,25)26)10-17(22)19-14-8-12(21(23)24)4-6-13(14)18/h4-9H,10H2,1-3H3,(H,19,22). The smallest absolute Gasteiger partial charge is 0.271 e. The molecule has 0 fully saturated rings. The molecular formula is C17H18ClN3O7S. The lowest BCUT2D eigenvalue weighted by molar-refractivity contribution is -0.384. The lowest BCUT2D eigenvalue weighted by atomic mass is 10.2. The maximum Gasteiger partial charge on any atom is 0.271 e. The lowest BCUT2D eigenvalue weighted by Gasteiger charge is -2.23. The molecule has 0 saturated heterocycles. The third-order valence-electron chi connectivity index (χ3n) is 3.78. The molecule has 0 aliphatic rings. The number of hydrogen-bond acceptors (Lipinski definition) is 7. The van der Waals surface area contributed by atoms with Crippen molar-refractivity contribution in [2.24, 2.45) is 0 Å². The Labute approximate surface area is 172 Å². The van der Waals surface area contributed by atoms with Crippen molar-refractivity contribution in [3.63, 3.8) is 0 Å². The van der Waals surface area contributed by atoms with Crippen molar-refractivity contribution in [2.45, 2.75) is 0 Å². The van der Waals surface area contributed by atoms with E-state index in [1.54, 1.807) is 0 Å². The van der Waals surface area contributed by atoms with Gasteiger partial charge in [-0.1, -0.05) is 11.6 Å². The van der Waals surface area contributed by atoms with E-state index < -0.39 is 27.4 Å². The van der Waals surface area contributed by atoms with Gasteiger partial charge < -0.3 is 14.8 Å². The number of sulfonamides is 1. The summed E-state index contributed by atoms with van der Waals surface area (Å²) in [6.45, 7) is -0.590. The molecule has 2 aromatic rings. The number of nitro groups is 1. The minimum atomic E-state index is -3.85. The van der Waals surface area contributed by atoms with Crippen LogP contribution in [0.1, 0.15) is 0 Å². The molecule has 156 valence electrons. The van der Waals surface area contributed by atoms with Crippen LogP contribution in [0.4, 0.5) is 17.1 Å². The predicted molar refractivity (Wildman–Crippen MR) is 108 cm³/mol. The fourth-order valence-corrected chi connectivity index (χ4v) is 3.44. The second-order valence-electron chi connectivity index (χ2n) is 5.78. The number of nitrogens with one attached hydrogen (secondary N) is 1. The van der Waals surface area contributed by atoms with E-state index in [9.17, 15) is 23.3 Å². The topological polar surface area (TPSA) is 128 Å². The predicted octanol–water partition coefficient (Wildman–Crippen LogP) is 2.67. The van der Waals surface area contributed by atoms with Gasteiger partial charge in [-0.3, -0.25) is 19.2 Å². The minimum absolute atomic E-state index is 0.00775. The van der Waals surface area contributed by atoms with Gasteiger partial charge in [0, 0.05) is 18.2 Å². The molecule has 2 rings (SSSR count). The first-order valence-electron chi connectivity index (χ1n) is 8.00. The van der Waals surface area contributed by atoms with Crippen LogP contribution < -0.4 is 19.1 Å². The Bertz CT molecular complexity index is 1040. The highest BCUT2D eigenvalue weighted by atomic mass is 35.5. The number of halogens is 1. The molecule has 10 nitrogen and oxygen atoms in total. The highest BCUT2D eigenvalue weighted by molar-refractivity contribution is 7.92. The summed E-state index contributed by atoms with van der Waals surface area (Å²) >= 11 is 5.96. The maximum absolute atomic E-state index is 12.5. The zero-order valence-corrected chi connectivity index (χ0v) is 17.3. The summed E-state index contributed by atoms with van der Waals surface area (Å²) in [6, 6.07) is 7.90. The van der Waals surface area contributed by atoms with Crippen LogP contribution >= 0.6 is 11.6 Å². The van der Waals surface area contributed by atoms with Crippen molar-refractivity contribution in [3.05, 3.63) is 51.5 Å². The second kappa shape index (κ2) is 8.97. The van der Waals surface area contributed by atoms with Crippen LogP contribution in [-0.4, -0.2) is 46.3 Å². The van der Waals surface area contributed by atoms with Crippen LogP contribution in [-0.2, 0) is 14.8 Å². The Morgan fingerprint density at radius 1 is 1.17 bits per heavy atom. The molecule has 1 N–H and O–H groups in total. The summed E-state index contributed by atoms with van der Waals surface area (Å²) in [5.74, 6) is -0.0778. The number of rotatable bonds is 8. The van der Waals surface area contributed by atoms with Crippen molar-refractivity contribution < 1.29 is 27.6 Å². The molecule has 1 amide bonds. The molecule has 0 bridgehead atoms. The molecule has 29 heavy (non-hydrogen) atoms. The molecule has 0 atom stereocenters. The molecule has 0 radical (unpaired) electrons. The van der Waals surface area contributed by atoms with Crippen LogP contribution in [0, 0.1) is 10.1 Å². The van der Waals surface area contributed by atoms with Crippen molar-refractivity contribution in [3.8, 4) is 11.5 Å². The van der Waals surface area contributed by atoms with Gasteiger partial charge in [-0.15, -0.1) is 0 Å². The molecule has 0 spiro atoms. The molecule has 0 saturated carbocycles. The average Bonchev–Trinajstić information content (AvgIpc) is 2.66. The summed E-state index contributed by atoms with van der Waals surface area (Å²) in [5.41, 5.74) is -0.110. The average molecular weight is 444 g/mol. The maximum atomic E-state index is 12.5. The molecule has 0 aliphatic heterocycles. The summed E-state index contributed by atoms with van der Waals surface area (Å²) in [5, 5.41) is 13.4. The van der Waals surface area contributed by atoms with Crippen LogP contribution in [0.15, 0.2) is 36.4 Å². The first-order valence-corrected chi connectivity index (χ1v) is 10.2. The quantitative estimate of drug-likeness (QED) is 0.490. The number of carbonyl (C=O) groups is 1. The van der Waals surface area contributed by atoms with Crippen LogP contribution in [0.3, 0.4) is 0 Å². The van der Waals surface area contributed by atoms with Crippen molar-refractivity contribution in [1.82, 2.24) is 0 Å². The van der Waals surface area contributed by atoms with Gasteiger partial charge in [-0.05, 0) is 18.2 Å². The Morgan fingerprint density at radius 3 is 2.38 bits per heavy atom. The largest absolute Gasteiger partial charge is 0.493 e. The number of nitro benzene ring substituents is 1. The van der Waals surface area contributed by atoms with E-state index in [1.165, 1.54) is 44.6 Å². The van der Waals surface area contributed by atoms with E-state index in [2.05, 4.69) is 5.32 Å². The van der Waals surface area contributed by atoms with E-state index >= 15 is 0 Å². The molecule has 0 aromatic heterocycles. The van der Waals surface area contributed by atoms with E-state index in [0.29, 0.717) is 5.75 Å². The van der Waals surface area contributed by atoms with E-state index in [1.807, 2.05) is 0 Å². The molecule has 2 aromatic carbocycles. The van der Waals surface area contributed by atoms with Gasteiger partial charge in [0.2, 0.25) is 15.9 Å². The molecule has 0 heterocycles. The summed E-state index contributed by atoms with van der Waals surface area (Å²) in [7, 11) is -1.02. The van der Waals surface area contributed by atoms with Gasteiger partial charge in [0.25, 0.3) is 5.69 Å². The van der Waals surface area contributed by atoms with Crippen molar-refractivity contribution in [1.29, 1.82) is 0 Å². The zero-order chi connectivity index (χ0) is 21.8. The van der Waals surface area contributed by atoms with Crippen LogP contribution in [0.25, 0.3) is 0 Å². The Kier molecular flexibility index (Phi) is 6.88. The number of methoxy groups -OCH3 is 2. The minimum Gasteiger partial charge on any atom is -0.493 e. The third-order valence-corrected chi connectivity index (χ3v) is 5.25. The normalized spacial score (nSPS) is 10.9. The number of non-ortho nitro benzene ring substituents is 1. The highest BCUT2D eigenvalue weighted by Gasteiger charge is 2.23. The van der Waals surface area contributed by atoms with E-state index in [-0.39, 0.29) is 27.8 Å². The Hall–Kier alpha value is -3.05. The van der Waals surface area contributed by atoms with Crippen LogP contribution in [0.2, 0.25) is 5.02 Å². The van der Waals surface area contributed by atoms with Gasteiger partial charge in [0.05, 0.1) is 41.8 Å². The number of benzene rings is 2. The zero-order valence-electron chi connectivity index (χ0n) is 15.7. The van der Waals surface area contributed by atoms with Gasteiger partial charge in [0.1, 0.15) is 6.54 Å². The van der Waals surface area contributed by atoms with Gasteiger partial charge in [-0.25, -0.2) is 8.42 Å². The van der Waals surface area contributed by atoms with Gasteiger partial charge in [0.15, 0.2) is 11.5 Å². The van der Waals surface area contributed by atoms with Crippen LogP contribution in [0.5, 0.6) is 11.5 Å². The first kappa shape index (κ1) is 22.2. The summed E-state index contributed by atoms with van der Waals surface area (Å²) < 4.78 is 35.6. The van der Waals surface area contributed by atoms with Gasteiger partial charge in [-0.2, -0.15) is 0 Å². The molecule has 12 heteroatoms. The first-order chi connectivity index (χ1) is 13.6. The fraction of sp³-hybridized carbons (Fsp3) is 0.235. The molecule has 0 unspecified atom stereocenters. The van der Waals surface area contributed by atoms with Gasteiger partial charge >= 0.3 is 0 Å². The van der Waals surface area contributed by atoms with Crippen molar-refractivity contribution in [2.75, 3.05) is 36.6 Å². The van der Waals surface area contributed by atoms with E-state index in [4.69, 9.17) is 21.1 Å². The number of hydrogen-bond donors (Lipinski definition) is 1. The number of amides is 1. The van der Waals surface area contributed by atoms with E-state index in [0.717, 1.165) is 16.6 Å². The number of ether oxygens (including phenoxy) is 2. The lowest BCUT2D eigenvalue weighted by Crippen LogP contribution is -2.37. The number of carbonyl (C=O) groups excluding carboxylic acids is 1. The third kappa shape index (κ3) is 5.48. The highest BCUT2D eigenvalue weighted by Crippen LogP contribution is 2.32. The Morgan fingerprint density at radius 2 is 1.83 bits per heavy atom. The Balaban J connectivity index is 2.31. The summed E-state index contributed by atoms with van der Waals surface area (Å²) in [6.07, 6.45) is 0.942. The number of anilines is 2. The number of nitrogens with zero attached hydrogens (tertiary/aromatic N) is 2. The SMILES string of the molecule is COc1ccc(N(CC(=O)Nc2cc([N+](=O)[O-])ccc2Cl)S(C)(=O)=O)cc1OC. The molecule has 0 aliphatic carbocycles.